The normalized spacial score (nSPS) is 11.3. The van der Waals surface area contributed by atoms with Crippen molar-refractivity contribution in [3.05, 3.63) is 0 Å². The molecule has 0 aromatic heterocycles. The highest BCUT2D eigenvalue weighted by molar-refractivity contribution is 5.77. The van der Waals surface area contributed by atoms with Gasteiger partial charge in [-0.1, -0.05) is 12.8 Å². The zero-order chi connectivity index (χ0) is 14.0. The molecule has 0 unspecified atom stereocenters. The summed E-state index contributed by atoms with van der Waals surface area (Å²) in [5.74, 6) is -0.849. The van der Waals surface area contributed by atoms with E-state index in [0.717, 1.165) is 19.3 Å². The fourth-order valence-corrected chi connectivity index (χ4v) is 1.32. The molecular formula is C13H25NO4. The lowest BCUT2D eigenvalue weighted by Gasteiger charge is -2.18. The van der Waals surface area contributed by atoms with Crippen molar-refractivity contribution in [2.24, 2.45) is 0 Å². The largest absolute Gasteiger partial charge is 0.481 e. The number of amides is 1. The first-order valence-electron chi connectivity index (χ1n) is 6.44. The molecule has 0 aromatic carbocycles. The number of hydrogen-bond donors (Lipinski definition) is 2. The SMILES string of the molecule is CC(C)(C)OCC(=O)NCCCCCCC(=O)O. The summed E-state index contributed by atoms with van der Waals surface area (Å²) in [5.41, 5.74) is -0.297. The number of carbonyl (C=O) groups is 2. The van der Waals surface area contributed by atoms with Crippen LogP contribution in [0.4, 0.5) is 0 Å². The molecule has 0 saturated carbocycles. The summed E-state index contributed by atoms with van der Waals surface area (Å²) in [7, 11) is 0. The molecule has 0 atom stereocenters. The summed E-state index contributed by atoms with van der Waals surface area (Å²) < 4.78 is 5.34. The maximum Gasteiger partial charge on any atom is 0.303 e. The lowest BCUT2D eigenvalue weighted by molar-refractivity contribution is -0.137. The van der Waals surface area contributed by atoms with Crippen molar-refractivity contribution in [2.45, 2.75) is 58.5 Å². The Bertz CT molecular complexity index is 258. The minimum Gasteiger partial charge on any atom is -0.481 e. The highest BCUT2D eigenvalue weighted by Gasteiger charge is 2.12. The van der Waals surface area contributed by atoms with Crippen molar-refractivity contribution in [1.29, 1.82) is 0 Å². The zero-order valence-electron chi connectivity index (χ0n) is 11.6. The molecule has 0 bridgehead atoms. The Morgan fingerprint density at radius 2 is 1.72 bits per heavy atom. The van der Waals surface area contributed by atoms with Crippen LogP contribution in [-0.4, -0.2) is 35.7 Å². The van der Waals surface area contributed by atoms with E-state index in [1.54, 1.807) is 0 Å². The topological polar surface area (TPSA) is 75.6 Å². The fourth-order valence-electron chi connectivity index (χ4n) is 1.32. The standard InChI is InChI=1S/C13H25NO4/c1-13(2,3)18-10-11(15)14-9-7-5-4-6-8-12(16)17/h4-10H2,1-3H3,(H,14,15)(H,16,17). The van der Waals surface area contributed by atoms with Crippen LogP contribution in [0.3, 0.4) is 0 Å². The highest BCUT2D eigenvalue weighted by atomic mass is 16.5. The molecule has 106 valence electrons. The number of hydrogen-bond acceptors (Lipinski definition) is 3. The molecular weight excluding hydrogens is 234 g/mol. The molecule has 0 rings (SSSR count). The monoisotopic (exact) mass is 259 g/mol. The van der Waals surface area contributed by atoms with Crippen LogP contribution in [0.2, 0.25) is 0 Å². The summed E-state index contributed by atoms with van der Waals surface area (Å²) in [6, 6.07) is 0. The second-order valence-electron chi connectivity index (χ2n) is 5.31. The molecule has 0 aromatic rings. The summed E-state index contributed by atoms with van der Waals surface area (Å²) in [6.07, 6.45) is 3.64. The van der Waals surface area contributed by atoms with Gasteiger partial charge in [0.1, 0.15) is 6.61 Å². The third-order valence-electron chi connectivity index (χ3n) is 2.28. The van der Waals surface area contributed by atoms with Crippen LogP contribution in [0.5, 0.6) is 0 Å². The van der Waals surface area contributed by atoms with E-state index in [1.807, 2.05) is 20.8 Å². The first-order chi connectivity index (χ1) is 8.31. The van der Waals surface area contributed by atoms with E-state index < -0.39 is 5.97 Å². The van der Waals surface area contributed by atoms with Crippen molar-refractivity contribution >= 4 is 11.9 Å². The number of nitrogens with one attached hydrogen (secondary N) is 1. The summed E-state index contributed by atoms with van der Waals surface area (Å²) >= 11 is 0. The molecule has 5 nitrogen and oxygen atoms in total. The molecule has 0 aliphatic rings. The first-order valence-corrected chi connectivity index (χ1v) is 6.44. The quantitative estimate of drug-likeness (QED) is 0.621. The van der Waals surface area contributed by atoms with Gasteiger partial charge in [0.25, 0.3) is 0 Å². The maximum atomic E-state index is 11.4. The zero-order valence-corrected chi connectivity index (χ0v) is 11.6. The van der Waals surface area contributed by atoms with Crippen molar-refractivity contribution in [1.82, 2.24) is 5.32 Å². The molecule has 0 fully saturated rings. The lowest BCUT2D eigenvalue weighted by Crippen LogP contribution is -2.32. The second kappa shape index (κ2) is 8.91. The lowest BCUT2D eigenvalue weighted by atomic mass is 10.1. The Morgan fingerprint density at radius 3 is 2.28 bits per heavy atom. The third kappa shape index (κ3) is 13.0. The van der Waals surface area contributed by atoms with E-state index in [4.69, 9.17) is 9.84 Å². The van der Waals surface area contributed by atoms with Crippen LogP contribution in [0.15, 0.2) is 0 Å². The predicted molar refractivity (Wildman–Crippen MR) is 69.4 cm³/mol. The van der Waals surface area contributed by atoms with Crippen molar-refractivity contribution in [3.63, 3.8) is 0 Å². The van der Waals surface area contributed by atoms with E-state index in [2.05, 4.69) is 5.32 Å². The van der Waals surface area contributed by atoms with Gasteiger partial charge in [0.15, 0.2) is 0 Å². The molecule has 18 heavy (non-hydrogen) atoms. The smallest absolute Gasteiger partial charge is 0.303 e. The van der Waals surface area contributed by atoms with Crippen molar-refractivity contribution in [3.8, 4) is 0 Å². The minimum atomic E-state index is -0.748. The van der Waals surface area contributed by atoms with Gasteiger partial charge in [-0.2, -0.15) is 0 Å². The van der Waals surface area contributed by atoms with E-state index >= 15 is 0 Å². The van der Waals surface area contributed by atoms with Crippen LogP contribution in [0, 0.1) is 0 Å². The number of rotatable bonds is 9. The Labute approximate surface area is 109 Å². The number of carbonyl (C=O) groups excluding carboxylic acids is 1. The number of ether oxygens (including phenoxy) is 1. The third-order valence-corrected chi connectivity index (χ3v) is 2.28. The summed E-state index contributed by atoms with van der Waals surface area (Å²) in [6.45, 7) is 6.43. The molecule has 2 N–H and O–H groups in total. The van der Waals surface area contributed by atoms with E-state index in [-0.39, 0.29) is 24.5 Å². The highest BCUT2D eigenvalue weighted by Crippen LogP contribution is 2.05. The Hall–Kier alpha value is -1.10. The molecule has 0 aliphatic carbocycles. The average Bonchev–Trinajstić information content (AvgIpc) is 2.23. The van der Waals surface area contributed by atoms with Crippen molar-refractivity contribution < 1.29 is 19.4 Å². The summed E-state index contributed by atoms with van der Waals surface area (Å²) in [4.78, 5) is 21.6. The number of carboxylic acid groups (broad SMARTS) is 1. The van der Waals surface area contributed by atoms with Crippen LogP contribution < -0.4 is 5.32 Å². The number of aliphatic carboxylic acids is 1. The van der Waals surface area contributed by atoms with Gasteiger partial charge < -0.3 is 15.2 Å². The van der Waals surface area contributed by atoms with Gasteiger partial charge >= 0.3 is 5.97 Å². The van der Waals surface area contributed by atoms with Gasteiger partial charge in [-0.3, -0.25) is 9.59 Å². The maximum absolute atomic E-state index is 11.4. The van der Waals surface area contributed by atoms with Gasteiger partial charge in [0.2, 0.25) is 5.91 Å². The Kier molecular flexibility index (Phi) is 8.37. The first kappa shape index (κ1) is 16.9. The van der Waals surface area contributed by atoms with Crippen LogP contribution in [-0.2, 0) is 14.3 Å². The van der Waals surface area contributed by atoms with E-state index in [1.165, 1.54) is 0 Å². The summed E-state index contributed by atoms with van der Waals surface area (Å²) in [5, 5.41) is 11.2. The molecule has 5 heteroatoms. The van der Waals surface area contributed by atoms with Gasteiger partial charge in [0, 0.05) is 13.0 Å². The molecule has 0 saturated heterocycles. The predicted octanol–water partition coefficient (Wildman–Crippen LogP) is 1.95. The fraction of sp³-hybridized carbons (Fsp3) is 0.846. The van der Waals surface area contributed by atoms with Gasteiger partial charge in [0.05, 0.1) is 5.60 Å². The number of carboxylic acids is 1. The molecule has 0 spiro atoms. The van der Waals surface area contributed by atoms with Crippen LogP contribution in [0.25, 0.3) is 0 Å². The molecule has 0 aliphatic heterocycles. The molecule has 0 radical (unpaired) electrons. The van der Waals surface area contributed by atoms with Gasteiger partial charge in [-0.15, -0.1) is 0 Å². The Balaban J connectivity index is 3.33. The average molecular weight is 259 g/mol. The number of unbranched alkanes of at least 4 members (excludes halogenated alkanes) is 3. The molecule has 0 heterocycles. The van der Waals surface area contributed by atoms with Crippen LogP contribution >= 0.6 is 0 Å². The van der Waals surface area contributed by atoms with E-state index in [0.29, 0.717) is 13.0 Å². The minimum absolute atomic E-state index is 0.0858. The second-order valence-corrected chi connectivity index (χ2v) is 5.31. The van der Waals surface area contributed by atoms with E-state index in [9.17, 15) is 9.59 Å². The van der Waals surface area contributed by atoms with Gasteiger partial charge in [-0.25, -0.2) is 0 Å². The Morgan fingerprint density at radius 1 is 1.11 bits per heavy atom. The van der Waals surface area contributed by atoms with Gasteiger partial charge in [-0.05, 0) is 33.6 Å². The molecule has 1 amide bonds. The van der Waals surface area contributed by atoms with Crippen LogP contribution in [0.1, 0.15) is 52.9 Å². The van der Waals surface area contributed by atoms with Crippen molar-refractivity contribution in [2.75, 3.05) is 13.2 Å².